The van der Waals surface area contributed by atoms with Crippen LogP contribution in [0.2, 0.25) is 0 Å². The molecule has 0 aromatic heterocycles. The van der Waals surface area contributed by atoms with Crippen LogP contribution in [0.5, 0.6) is 0 Å². The second kappa shape index (κ2) is 9.25. The molecule has 0 aliphatic carbocycles. The molecule has 126 valence electrons. The van der Waals surface area contributed by atoms with Gasteiger partial charge in [-0.2, -0.15) is 0 Å². The van der Waals surface area contributed by atoms with Crippen LogP contribution >= 0.6 is 22.6 Å². The van der Waals surface area contributed by atoms with Crippen LogP contribution in [-0.4, -0.2) is 39.8 Å². The second-order valence-corrected chi connectivity index (χ2v) is 8.31. The van der Waals surface area contributed by atoms with E-state index in [1.165, 1.54) is 6.42 Å². The van der Waals surface area contributed by atoms with Crippen molar-refractivity contribution in [2.75, 3.05) is 13.1 Å². The molecule has 1 aliphatic rings. The number of likely N-dealkylation sites (tertiary alicyclic amines) is 1. The Kier molecular flexibility index (Phi) is 7.33. The van der Waals surface area contributed by atoms with Gasteiger partial charge in [0.25, 0.3) is 0 Å². The van der Waals surface area contributed by atoms with Crippen molar-refractivity contribution in [1.29, 1.82) is 0 Å². The first-order valence-corrected chi connectivity index (χ1v) is 9.57. The average molecular weight is 428 g/mol. The molecule has 2 rings (SSSR count). The Morgan fingerprint density at radius 3 is 2.43 bits per heavy atom. The standard InChI is InChI=1S/C18H25IN2O2/c1-14(19)12-17(22)20-16(13-15-8-4-2-5-9-15)18(23)21-10-6-3-7-11-21/h2,4-5,8-9,14,16H,3,6-7,10-13H2,1H3,(H,20,22). The molecule has 0 bridgehead atoms. The number of nitrogens with zero attached hydrogens (tertiary/aromatic N) is 1. The van der Waals surface area contributed by atoms with Gasteiger partial charge in [0.1, 0.15) is 6.04 Å². The van der Waals surface area contributed by atoms with Gasteiger partial charge < -0.3 is 10.2 Å². The number of alkyl halides is 1. The molecular formula is C18H25IN2O2. The largest absolute Gasteiger partial charge is 0.344 e. The summed E-state index contributed by atoms with van der Waals surface area (Å²) in [6.45, 7) is 3.62. The fraction of sp³-hybridized carbons (Fsp3) is 0.556. The van der Waals surface area contributed by atoms with Crippen molar-refractivity contribution in [3.8, 4) is 0 Å². The highest BCUT2D eigenvalue weighted by Crippen LogP contribution is 2.13. The Labute approximate surface area is 152 Å². The highest BCUT2D eigenvalue weighted by Gasteiger charge is 2.27. The third kappa shape index (κ3) is 6.12. The molecular weight excluding hydrogens is 403 g/mol. The number of rotatable bonds is 6. The van der Waals surface area contributed by atoms with E-state index in [-0.39, 0.29) is 15.7 Å². The molecule has 0 spiro atoms. The van der Waals surface area contributed by atoms with E-state index in [4.69, 9.17) is 0 Å². The summed E-state index contributed by atoms with van der Waals surface area (Å²) in [6.07, 6.45) is 4.30. The van der Waals surface area contributed by atoms with Crippen LogP contribution in [0.25, 0.3) is 0 Å². The Morgan fingerprint density at radius 2 is 1.83 bits per heavy atom. The summed E-state index contributed by atoms with van der Waals surface area (Å²) >= 11 is 2.23. The minimum atomic E-state index is -0.460. The number of hydrogen-bond acceptors (Lipinski definition) is 2. The first-order valence-electron chi connectivity index (χ1n) is 8.32. The highest BCUT2D eigenvalue weighted by atomic mass is 127. The van der Waals surface area contributed by atoms with Gasteiger partial charge in [0.05, 0.1) is 0 Å². The minimum Gasteiger partial charge on any atom is -0.344 e. The van der Waals surface area contributed by atoms with E-state index in [2.05, 4.69) is 27.9 Å². The van der Waals surface area contributed by atoms with Gasteiger partial charge in [0.2, 0.25) is 11.8 Å². The summed E-state index contributed by atoms with van der Waals surface area (Å²) < 4.78 is 0.259. The zero-order valence-electron chi connectivity index (χ0n) is 13.6. The molecule has 0 saturated carbocycles. The topological polar surface area (TPSA) is 49.4 Å². The van der Waals surface area contributed by atoms with Crippen LogP contribution in [0.3, 0.4) is 0 Å². The summed E-state index contributed by atoms with van der Waals surface area (Å²) in [5.74, 6) is 0.0150. The van der Waals surface area contributed by atoms with Crippen molar-refractivity contribution in [2.45, 2.75) is 49.0 Å². The molecule has 1 saturated heterocycles. The molecule has 5 heteroatoms. The molecule has 1 fully saturated rings. The van der Waals surface area contributed by atoms with Gasteiger partial charge in [-0.1, -0.05) is 59.8 Å². The highest BCUT2D eigenvalue weighted by molar-refractivity contribution is 14.1. The van der Waals surface area contributed by atoms with Crippen molar-refractivity contribution in [3.05, 3.63) is 35.9 Å². The van der Waals surface area contributed by atoms with Gasteiger partial charge in [-0.05, 0) is 24.8 Å². The van der Waals surface area contributed by atoms with E-state index in [1.54, 1.807) is 0 Å². The van der Waals surface area contributed by atoms with E-state index >= 15 is 0 Å². The maximum Gasteiger partial charge on any atom is 0.245 e. The van der Waals surface area contributed by atoms with Crippen LogP contribution in [-0.2, 0) is 16.0 Å². The smallest absolute Gasteiger partial charge is 0.245 e. The van der Waals surface area contributed by atoms with Crippen LogP contribution in [0, 0.1) is 0 Å². The quantitative estimate of drug-likeness (QED) is 0.560. The van der Waals surface area contributed by atoms with E-state index in [0.717, 1.165) is 31.5 Å². The Bertz CT molecular complexity index is 513. The fourth-order valence-corrected chi connectivity index (χ4v) is 3.29. The van der Waals surface area contributed by atoms with Crippen LogP contribution in [0.1, 0.15) is 38.2 Å². The molecule has 4 nitrogen and oxygen atoms in total. The minimum absolute atomic E-state index is 0.0433. The van der Waals surface area contributed by atoms with Crippen molar-refractivity contribution in [1.82, 2.24) is 10.2 Å². The summed E-state index contributed by atoms with van der Waals surface area (Å²) in [5.41, 5.74) is 1.07. The molecule has 1 N–H and O–H groups in total. The second-order valence-electron chi connectivity index (χ2n) is 6.18. The van der Waals surface area contributed by atoms with E-state index in [1.807, 2.05) is 42.2 Å². The summed E-state index contributed by atoms with van der Waals surface area (Å²) in [4.78, 5) is 26.9. The molecule has 2 amide bonds. The summed E-state index contributed by atoms with van der Waals surface area (Å²) in [5, 5.41) is 2.96. The van der Waals surface area contributed by atoms with Gasteiger partial charge in [0, 0.05) is 29.9 Å². The lowest BCUT2D eigenvalue weighted by Gasteiger charge is -2.31. The van der Waals surface area contributed by atoms with Crippen molar-refractivity contribution >= 4 is 34.4 Å². The predicted octanol–water partition coefficient (Wildman–Crippen LogP) is 2.94. The lowest BCUT2D eigenvalue weighted by atomic mass is 10.0. The number of benzene rings is 1. The van der Waals surface area contributed by atoms with Gasteiger partial charge in [0.15, 0.2) is 0 Å². The lowest BCUT2D eigenvalue weighted by molar-refractivity contribution is -0.137. The Hall–Kier alpha value is -1.11. The third-order valence-electron chi connectivity index (χ3n) is 4.05. The number of amides is 2. The third-order valence-corrected chi connectivity index (χ3v) is 4.49. The van der Waals surface area contributed by atoms with Crippen LogP contribution in [0.15, 0.2) is 30.3 Å². The predicted molar refractivity (Wildman–Crippen MR) is 101 cm³/mol. The van der Waals surface area contributed by atoms with Gasteiger partial charge in [-0.25, -0.2) is 0 Å². The lowest BCUT2D eigenvalue weighted by Crippen LogP contribution is -2.51. The zero-order valence-corrected chi connectivity index (χ0v) is 15.8. The first kappa shape index (κ1) is 18.2. The van der Waals surface area contributed by atoms with Crippen LogP contribution < -0.4 is 5.32 Å². The Balaban J connectivity index is 2.06. The van der Waals surface area contributed by atoms with Gasteiger partial charge in [-0.3, -0.25) is 9.59 Å². The van der Waals surface area contributed by atoms with Crippen molar-refractivity contribution < 1.29 is 9.59 Å². The van der Waals surface area contributed by atoms with E-state index in [0.29, 0.717) is 12.8 Å². The zero-order chi connectivity index (χ0) is 16.7. The molecule has 2 atom stereocenters. The molecule has 2 unspecified atom stereocenters. The molecule has 1 aliphatic heterocycles. The summed E-state index contributed by atoms with van der Waals surface area (Å²) in [7, 11) is 0. The molecule has 1 aromatic rings. The number of piperidine rings is 1. The number of nitrogens with one attached hydrogen (secondary N) is 1. The van der Waals surface area contributed by atoms with Crippen molar-refractivity contribution in [3.63, 3.8) is 0 Å². The maximum atomic E-state index is 12.8. The SMILES string of the molecule is CC(I)CC(=O)NC(Cc1ccccc1)C(=O)N1CCCCC1. The normalized spacial score (nSPS) is 17.4. The maximum absolute atomic E-state index is 12.8. The van der Waals surface area contributed by atoms with Gasteiger partial charge >= 0.3 is 0 Å². The number of halogens is 1. The molecule has 23 heavy (non-hydrogen) atoms. The van der Waals surface area contributed by atoms with Crippen LogP contribution in [0.4, 0.5) is 0 Å². The number of carbonyl (C=O) groups excluding carboxylic acids is 2. The van der Waals surface area contributed by atoms with Crippen molar-refractivity contribution in [2.24, 2.45) is 0 Å². The summed E-state index contributed by atoms with van der Waals surface area (Å²) in [6, 6.07) is 9.44. The first-order chi connectivity index (χ1) is 11.1. The van der Waals surface area contributed by atoms with Gasteiger partial charge in [-0.15, -0.1) is 0 Å². The fourth-order valence-electron chi connectivity index (χ4n) is 2.89. The van der Waals surface area contributed by atoms with E-state index in [9.17, 15) is 9.59 Å². The van der Waals surface area contributed by atoms with E-state index < -0.39 is 6.04 Å². The molecule has 1 heterocycles. The number of hydrogen-bond donors (Lipinski definition) is 1. The molecule has 1 aromatic carbocycles. The Morgan fingerprint density at radius 1 is 1.17 bits per heavy atom. The monoisotopic (exact) mass is 428 g/mol. The average Bonchev–Trinajstić information content (AvgIpc) is 2.54. The molecule has 0 radical (unpaired) electrons. The number of carbonyl (C=O) groups is 2.